The van der Waals surface area contributed by atoms with Crippen molar-refractivity contribution in [1.82, 2.24) is 24.6 Å². The van der Waals surface area contributed by atoms with Gasteiger partial charge in [0.2, 0.25) is 5.91 Å². The van der Waals surface area contributed by atoms with Gasteiger partial charge < -0.3 is 14.5 Å². The Bertz CT molecular complexity index is 887. The van der Waals surface area contributed by atoms with Crippen LogP contribution in [0.4, 0.5) is 4.39 Å². The van der Waals surface area contributed by atoms with E-state index in [4.69, 9.17) is 0 Å². The summed E-state index contributed by atoms with van der Waals surface area (Å²) in [6.45, 7) is 0.372. The highest BCUT2D eigenvalue weighted by molar-refractivity contribution is 7.99. The summed E-state index contributed by atoms with van der Waals surface area (Å²) in [6.07, 6.45) is 2.68. The van der Waals surface area contributed by atoms with Crippen LogP contribution in [-0.2, 0) is 31.9 Å². The molecule has 0 unspecified atom stereocenters. The standard InChI is InChI=1S/C18H20FN5OS/c1-23-9-3-4-15(23)10-16-21-22-18(24(16)2)26-12-17(25)20-11-13-5-7-14(19)8-6-13/h3-9H,10-12H2,1-2H3,(H,20,25). The van der Waals surface area contributed by atoms with Crippen molar-refractivity contribution < 1.29 is 9.18 Å². The fraction of sp³-hybridized carbons (Fsp3) is 0.278. The lowest BCUT2D eigenvalue weighted by Gasteiger charge is -2.06. The molecule has 0 saturated carbocycles. The predicted molar refractivity (Wildman–Crippen MR) is 98.2 cm³/mol. The molecule has 1 amide bonds. The van der Waals surface area contributed by atoms with Gasteiger partial charge in [-0.15, -0.1) is 10.2 Å². The van der Waals surface area contributed by atoms with Crippen LogP contribution in [0.5, 0.6) is 0 Å². The zero-order valence-electron chi connectivity index (χ0n) is 14.6. The van der Waals surface area contributed by atoms with Crippen molar-refractivity contribution in [3.8, 4) is 0 Å². The Hall–Kier alpha value is -2.61. The minimum absolute atomic E-state index is 0.105. The quantitative estimate of drug-likeness (QED) is 0.646. The SMILES string of the molecule is Cn1cccc1Cc1nnc(SCC(=O)NCc2ccc(F)cc2)n1C. The number of thioether (sulfide) groups is 1. The molecule has 1 N–H and O–H groups in total. The molecule has 0 aliphatic carbocycles. The maximum Gasteiger partial charge on any atom is 0.230 e. The van der Waals surface area contributed by atoms with Crippen LogP contribution in [0.25, 0.3) is 0 Å². The normalized spacial score (nSPS) is 10.9. The second kappa shape index (κ2) is 8.18. The molecule has 6 nitrogen and oxygen atoms in total. The fourth-order valence-electron chi connectivity index (χ4n) is 2.45. The van der Waals surface area contributed by atoms with Gasteiger partial charge in [-0.05, 0) is 29.8 Å². The molecule has 3 aromatic rings. The minimum Gasteiger partial charge on any atom is -0.354 e. The van der Waals surface area contributed by atoms with Gasteiger partial charge in [-0.1, -0.05) is 23.9 Å². The van der Waals surface area contributed by atoms with Crippen LogP contribution >= 0.6 is 11.8 Å². The average Bonchev–Trinajstić information content (AvgIpc) is 3.19. The van der Waals surface area contributed by atoms with Crippen LogP contribution in [-0.4, -0.2) is 31.0 Å². The Labute approximate surface area is 155 Å². The van der Waals surface area contributed by atoms with Gasteiger partial charge in [0, 0.05) is 39.0 Å². The van der Waals surface area contributed by atoms with Gasteiger partial charge in [0.1, 0.15) is 11.6 Å². The van der Waals surface area contributed by atoms with Gasteiger partial charge in [0.15, 0.2) is 5.16 Å². The van der Waals surface area contributed by atoms with Crippen LogP contribution in [0, 0.1) is 5.82 Å². The number of hydrogen-bond acceptors (Lipinski definition) is 4. The van der Waals surface area contributed by atoms with Crippen LogP contribution < -0.4 is 5.32 Å². The zero-order valence-corrected chi connectivity index (χ0v) is 15.5. The van der Waals surface area contributed by atoms with Crippen LogP contribution in [0.1, 0.15) is 17.1 Å². The summed E-state index contributed by atoms with van der Waals surface area (Å²) in [7, 11) is 3.89. The van der Waals surface area contributed by atoms with E-state index in [0.717, 1.165) is 17.1 Å². The van der Waals surface area contributed by atoms with E-state index in [9.17, 15) is 9.18 Å². The highest BCUT2D eigenvalue weighted by Gasteiger charge is 2.12. The van der Waals surface area contributed by atoms with Crippen molar-refractivity contribution >= 4 is 17.7 Å². The third-order valence-corrected chi connectivity index (χ3v) is 5.07. The number of carbonyl (C=O) groups is 1. The molecule has 2 aromatic heterocycles. The van der Waals surface area contributed by atoms with E-state index in [1.165, 1.54) is 23.9 Å². The molecule has 3 rings (SSSR count). The van der Waals surface area contributed by atoms with E-state index >= 15 is 0 Å². The predicted octanol–water partition coefficient (Wildman–Crippen LogP) is 2.29. The topological polar surface area (TPSA) is 64.7 Å². The molecular weight excluding hydrogens is 353 g/mol. The molecule has 136 valence electrons. The van der Waals surface area contributed by atoms with Crippen molar-refractivity contribution in [3.05, 3.63) is 65.5 Å². The Morgan fingerprint density at radius 3 is 2.65 bits per heavy atom. The van der Waals surface area contributed by atoms with Gasteiger partial charge in [-0.2, -0.15) is 0 Å². The van der Waals surface area contributed by atoms with Crippen LogP contribution in [0.15, 0.2) is 47.8 Å². The first-order valence-corrected chi connectivity index (χ1v) is 9.14. The molecule has 0 radical (unpaired) electrons. The Kier molecular flexibility index (Phi) is 5.72. The van der Waals surface area contributed by atoms with E-state index in [-0.39, 0.29) is 17.5 Å². The number of nitrogens with one attached hydrogen (secondary N) is 1. The number of aryl methyl sites for hydroxylation is 1. The highest BCUT2D eigenvalue weighted by atomic mass is 32.2. The number of benzene rings is 1. The first kappa shape index (κ1) is 18.2. The maximum absolute atomic E-state index is 12.9. The summed E-state index contributed by atoms with van der Waals surface area (Å²) < 4.78 is 16.8. The van der Waals surface area contributed by atoms with Crippen molar-refractivity contribution in [2.45, 2.75) is 18.1 Å². The van der Waals surface area contributed by atoms with E-state index in [1.54, 1.807) is 12.1 Å². The fourth-order valence-corrected chi connectivity index (χ4v) is 3.21. The molecule has 0 aliphatic rings. The zero-order chi connectivity index (χ0) is 18.5. The average molecular weight is 373 g/mol. The molecule has 0 bridgehead atoms. The first-order valence-electron chi connectivity index (χ1n) is 8.15. The smallest absolute Gasteiger partial charge is 0.230 e. The van der Waals surface area contributed by atoms with Gasteiger partial charge in [-0.25, -0.2) is 4.39 Å². The third kappa shape index (κ3) is 4.51. The molecule has 0 atom stereocenters. The number of carbonyl (C=O) groups excluding carboxylic acids is 1. The third-order valence-electron chi connectivity index (χ3n) is 4.05. The molecular formula is C18H20FN5OS. The summed E-state index contributed by atoms with van der Waals surface area (Å²) >= 11 is 1.34. The number of nitrogens with zero attached hydrogens (tertiary/aromatic N) is 4. The van der Waals surface area contributed by atoms with Crippen molar-refractivity contribution in [2.75, 3.05) is 5.75 Å². The number of amides is 1. The lowest BCUT2D eigenvalue weighted by Crippen LogP contribution is -2.24. The maximum atomic E-state index is 12.9. The molecule has 1 aromatic carbocycles. The lowest BCUT2D eigenvalue weighted by molar-refractivity contribution is -0.118. The summed E-state index contributed by atoms with van der Waals surface area (Å²) in [5.41, 5.74) is 2.00. The minimum atomic E-state index is -0.288. The van der Waals surface area contributed by atoms with Crippen molar-refractivity contribution in [1.29, 1.82) is 0 Å². The van der Waals surface area contributed by atoms with Crippen molar-refractivity contribution in [2.24, 2.45) is 14.1 Å². The second-order valence-electron chi connectivity index (χ2n) is 5.94. The van der Waals surface area contributed by atoms with Gasteiger partial charge >= 0.3 is 0 Å². The Morgan fingerprint density at radius 2 is 1.96 bits per heavy atom. The lowest BCUT2D eigenvalue weighted by atomic mass is 10.2. The van der Waals surface area contributed by atoms with Gasteiger partial charge in [0.05, 0.1) is 5.75 Å². The molecule has 26 heavy (non-hydrogen) atoms. The summed E-state index contributed by atoms with van der Waals surface area (Å²) in [6, 6.07) is 10.1. The van der Waals surface area contributed by atoms with E-state index in [1.807, 2.05) is 41.6 Å². The molecule has 8 heteroatoms. The van der Waals surface area contributed by atoms with Gasteiger partial charge in [0.25, 0.3) is 0 Å². The van der Waals surface area contributed by atoms with Crippen molar-refractivity contribution in [3.63, 3.8) is 0 Å². The first-order chi connectivity index (χ1) is 12.5. The molecule has 0 spiro atoms. The summed E-state index contributed by atoms with van der Waals surface area (Å²) in [5.74, 6) is 0.702. The summed E-state index contributed by atoms with van der Waals surface area (Å²) in [5, 5.41) is 11.9. The highest BCUT2D eigenvalue weighted by Crippen LogP contribution is 2.17. The molecule has 0 fully saturated rings. The Balaban J connectivity index is 1.50. The van der Waals surface area contributed by atoms with E-state index in [2.05, 4.69) is 15.5 Å². The van der Waals surface area contributed by atoms with Gasteiger partial charge in [-0.3, -0.25) is 4.79 Å². The molecule has 0 saturated heterocycles. The second-order valence-corrected chi connectivity index (χ2v) is 6.88. The largest absolute Gasteiger partial charge is 0.354 e. The van der Waals surface area contributed by atoms with E-state index < -0.39 is 0 Å². The number of hydrogen-bond donors (Lipinski definition) is 1. The number of rotatable bonds is 7. The monoisotopic (exact) mass is 373 g/mol. The van der Waals surface area contributed by atoms with E-state index in [0.29, 0.717) is 18.1 Å². The molecule has 0 aliphatic heterocycles. The Morgan fingerprint density at radius 1 is 1.19 bits per heavy atom. The van der Waals surface area contributed by atoms with Crippen LogP contribution in [0.2, 0.25) is 0 Å². The van der Waals surface area contributed by atoms with Crippen LogP contribution in [0.3, 0.4) is 0 Å². The number of halogens is 1. The summed E-state index contributed by atoms with van der Waals surface area (Å²) in [4.78, 5) is 12.0. The number of aromatic nitrogens is 4. The molecule has 2 heterocycles.